The van der Waals surface area contributed by atoms with E-state index in [2.05, 4.69) is 0 Å². The number of amides is 1. The highest BCUT2D eigenvalue weighted by atomic mass is 16.3. The minimum atomic E-state index is -0.673. The fourth-order valence-corrected chi connectivity index (χ4v) is 2.26. The van der Waals surface area contributed by atoms with Crippen molar-refractivity contribution in [3.8, 4) is 0 Å². The van der Waals surface area contributed by atoms with Crippen LogP contribution in [0.1, 0.15) is 22.3 Å². The molecule has 0 radical (unpaired) electrons. The number of hydrogen-bond acceptors (Lipinski definition) is 4. The van der Waals surface area contributed by atoms with Crippen molar-refractivity contribution in [3.05, 3.63) is 35.4 Å². The van der Waals surface area contributed by atoms with Gasteiger partial charge < -0.3 is 20.5 Å². The molecule has 0 unspecified atom stereocenters. The van der Waals surface area contributed by atoms with Crippen molar-refractivity contribution in [3.63, 3.8) is 0 Å². The van der Waals surface area contributed by atoms with Crippen LogP contribution in [0.3, 0.4) is 0 Å². The van der Waals surface area contributed by atoms with Gasteiger partial charge in [-0.15, -0.1) is 0 Å². The van der Waals surface area contributed by atoms with Gasteiger partial charge in [0.2, 0.25) is 0 Å². The Labute approximate surface area is 112 Å². The van der Waals surface area contributed by atoms with Crippen LogP contribution in [0.5, 0.6) is 0 Å². The zero-order chi connectivity index (χ0) is 13.9. The maximum atomic E-state index is 12.2. The second-order valence-electron chi connectivity index (χ2n) is 5.06. The molecule has 1 aromatic rings. The molecule has 1 saturated heterocycles. The summed E-state index contributed by atoms with van der Waals surface area (Å²) in [6.07, 6.45) is 1.80. The van der Waals surface area contributed by atoms with Gasteiger partial charge in [0.05, 0.1) is 12.1 Å². The topological polar surface area (TPSA) is 83.6 Å². The molecule has 5 heteroatoms. The van der Waals surface area contributed by atoms with E-state index in [9.17, 15) is 14.7 Å². The van der Waals surface area contributed by atoms with E-state index in [0.717, 1.165) is 11.8 Å². The minimum Gasteiger partial charge on any atom is -0.394 e. The van der Waals surface area contributed by atoms with Gasteiger partial charge >= 0.3 is 0 Å². The third kappa shape index (κ3) is 3.00. The normalized spacial score (nSPS) is 22.5. The van der Waals surface area contributed by atoms with Gasteiger partial charge in [0.15, 0.2) is 0 Å². The zero-order valence-electron chi connectivity index (χ0n) is 10.7. The lowest BCUT2D eigenvalue weighted by Gasteiger charge is -2.22. The van der Waals surface area contributed by atoms with Gasteiger partial charge in [-0.3, -0.25) is 4.79 Å². The van der Waals surface area contributed by atoms with E-state index in [4.69, 9.17) is 5.73 Å². The maximum absolute atomic E-state index is 12.2. The SMILES string of the molecule is N[C@]1(CO)CCN(C(=O)c2ccc(CC=O)cc2)C1. The molecule has 2 rings (SSSR count). The summed E-state index contributed by atoms with van der Waals surface area (Å²) < 4.78 is 0. The predicted molar refractivity (Wildman–Crippen MR) is 70.7 cm³/mol. The highest BCUT2D eigenvalue weighted by molar-refractivity contribution is 5.94. The first-order chi connectivity index (χ1) is 9.08. The summed E-state index contributed by atoms with van der Waals surface area (Å²) in [6.45, 7) is 0.819. The number of aldehydes is 1. The molecule has 1 aliphatic heterocycles. The van der Waals surface area contributed by atoms with Crippen molar-refractivity contribution < 1.29 is 14.7 Å². The summed E-state index contributed by atoms with van der Waals surface area (Å²) in [7, 11) is 0. The third-order valence-corrected chi connectivity index (χ3v) is 3.51. The molecular weight excluding hydrogens is 244 g/mol. The minimum absolute atomic E-state index is 0.0848. The number of rotatable bonds is 4. The van der Waals surface area contributed by atoms with Crippen molar-refractivity contribution in [1.29, 1.82) is 0 Å². The molecule has 3 N–H and O–H groups in total. The number of likely N-dealkylation sites (tertiary alicyclic amines) is 1. The van der Waals surface area contributed by atoms with Crippen molar-refractivity contribution in [2.24, 2.45) is 5.73 Å². The third-order valence-electron chi connectivity index (χ3n) is 3.51. The van der Waals surface area contributed by atoms with Crippen LogP contribution >= 0.6 is 0 Å². The van der Waals surface area contributed by atoms with Gasteiger partial charge in [0, 0.05) is 25.1 Å². The quantitative estimate of drug-likeness (QED) is 0.746. The lowest BCUT2D eigenvalue weighted by Crippen LogP contribution is -2.46. The smallest absolute Gasteiger partial charge is 0.253 e. The van der Waals surface area contributed by atoms with Gasteiger partial charge in [-0.05, 0) is 24.1 Å². The molecular formula is C14H18N2O3. The van der Waals surface area contributed by atoms with Crippen molar-refractivity contribution in [2.75, 3.05) is 19.7 Å². The Bertz CT molecular complexity index is 472. The molecule has 0 bridgehead atoms. The average Bonchev–Trinajstić information content (AvgIpc) is 2.83. The Hall–Kier alpha value is -1.72. The van der Waals surface area contributed by atoms with E-state index in [1.165, 1.54) is 0 Å². The molecule has 0 aliphatic carbocycles. The van der Waals surface area contributed by atoms with Crippen molar-refractivity contribution in [2.45, 2.75) is 18.4 Å². The van der Waals surface area contributed by atoms with Gasteiger partial charge in [-0.25, -0.2) is 0 Å². The highest BCUT2D eigenvalue weighted by Gasteiger charge is 2.36. The summed E-state index contributed by atoms with van der Waals surface area (Å²) in [5.74, 6) is -0.0848. The number of aliphatic hydroxyl groups excluding tert-OH is 1. The molecule has 1 heterocycles. The Balaban J connectivity index is 2.06. The number of nitrogens with two attached hydrogens (primary N) is 1. The molecule has 102 valence electrons. The first kappa shape index (κ1) is 13.7. The fraction of sp³-hybridized carbons (Fsp3) is 0.429. The molecule has 1 aromatic carbocycles. The number of nitrogens with zero attached hydrogens (tertiary/aromatic N) is 1. The van der Waals surface area contributed by atoms with E-state index < -0.39 is 5.54 Å². The van der Waals surface area contributed by atoms with Gasteiger partial charge in [-0.2, -0.15) is 0 Å². The monoisotopic (exact) mass is 262 g/mol. The summed E-state index contributed by atoms with van der Waals surface area (Å²) in [5.41, 5.74) is 6.74. The van der Waals surface area contributed by atoms with Crippen LogP contribution in [0.4, 0.5) is 0 Å². The van der Waals surface area contributed by atoms with Crippen LogP contribution < -0.4 is 5.73 Å². The van der Waals surface area contributed by atoms with E-state index >= 15 is 0 Å². The lowest BCUT2D eigenvalue weighted by molar-refractivity contribution is -0.107. The molecule has 1 atom stereocenters. The first-order valence-corrected chi connectivity index (χ1v) is 6.29. The first-order valence-electron chi connectivity index (χ1n) is 6.29. The van der Waals surface area contributed by atoms with Crippen LogP contribution in [-0.2, 0) is 11.2 Å². The second kappa shape index (κ2) is 5.50. The molecule has 1 amide bonds. The molecule has 0 spiro atoms. The Kier molecular flexibility index (Phi) is 3.97. The fourth-order valence-electron chi connectivity index (χ4n) is 2.26. The van der Waals surface area contributed by atoms with E-state index in [0.29, 0.717) is 31.5 Å². The van der Waals surface area contributed by atoms with Crippen LogP contribution in [0, 0.1) is 0 Å². The molecule has 0 aromatic heterocycles. The number of aliphatic hydroxyl groups is 1. The average molecular weight is 262 g/mol. The lowest BCUT2D eigenvalue weighted by atomic mass is 10.0. The van der Waals surface area contributed by atoms with E-state index in [-0.39, 0.29) is 12.5 Å². The number of benzene rings is 1. The Morgan fingerprint density at radius 2 is 2.11 bits per heavy atom. The standard InChI is InChI=1S/C14H18N2O3/c15-14(10-18)6-7-16(9-14)13(19)12-3-1-11(2-4-12)5-8-17/h1-4,8,18H,5-7,9-10,15H2/t14-/m1/s1. The van der Waals surface area contributed by atoms with Crippen LogP contribution in [0.15, 0.2) is 24.3 Å². The highest BCUT2D eigenvalue weighted by Crippen LogP contribution is 2.20. The van der Waals surface area contributed by atoms with Gasteiger partial charge in [0.1, 0.15) is 6.29 Å². The van der Waals surface area contributed by atoms with Crippen LogP contribution in [0.2, 0.25) is 0 Å². The Morgan fingerprint density at radius 3 is 2.63 bits per heavy atom. The molecule has 1 aliphatic rings. The predicted octanol–water partition coefficient (Wildman–Crippen LogP) is -0.0363. The van der Waals surface area contributed by atoms with Crippen molar-refractivity contribution >= 4 is 12.2 Å². The maximum Gasteiger partial charge on any atom is 0.253 e. The number of carbonyl (C=O) groups is 2. The van der Waals surface area contributed by atoms with Gasteiger partial charge in [0.25, 0.3) is 5.91 Å². The molecule has 1 fully saturated rings. The van der Waals surface area contributed by atoms with E-state index in [1.54, 1.807) is 29.2 Å². The summed E-state index contributed by atoms with van der Waals surface area (Å²) in [5, 5.41) is 9.19. The molecule has 19 heavy (non-hydrogen) atoms. The summed E-state index contributed by atoms with van der Waals surface area (Å²) in [6, 6.07) is 6.99. The van der Waals surface area contributed by atoms with Gasteiger partial charge in [-0.1, -0.05) is 12.1 Å². The summed E-state index contributed by atoms with van der Waals surface area (Å²) >= 11 is 0. The number of carbonyl (C=O) groups excluding carboxylic acids is 2. The van der Waals surface area contributed by atoms with Crippen molar-refractivity contribution in [1.82, 2.24) is 4.90 Å². The second-order valence-corrected chi connectivity index (χ2v) is 5.06. The van der Waals surface area contributed by atoms with Crippen LogP contribution in [0.25, 0.3) is 0 Å². The molecule has 5 nitrogen and oxygen atoms in total. The Morgan fingerprint density at radius 1 is 1.42 bits per heavy atom. The molecule has 0 saturated carbocycles. The van der Waals surface area contributed by atoms with Crippen LogP contribution in [-0.4, -0.2) is 47.4 Å². The zero-order valence-corrected chi connectivity index (χ0v) is 10.7. The van der Waals surface area contributed by atoms with E-state index in [1.807, 2.05) is 0 Å². The largest absolute Gasteiger partial charge is 0.394 e. The number of hydrogen-bond donors (Lipinski definition) is 2. The summed E-state index contributed by atoms with van der Waals surface area (Å²) in [4.78, 5) is 24.3.